The van der Waals surface area contributed by atoms with E-state index in [-0.39, 0.29) is 12.4 Å². The van der Waals surface area contributed by atoms with Crippen LogP contribution in [0.5, 0.6) is 5.75 Å². The molecule has 1 fully saturated rings. The molecule has 1 aliphatic heterocycles. The summed E-state index contributed by atoms with van der Waals surface area (Å²) in [6, 6.07) is 19.1. The fraction of sp³-hybridized carbons (Fsp3) is 0.368. The molecule has 0 aromatic heterocycles. The van der Waals surface area contributed by atoms with Crippen molar-refractivity contribution in [2.75, 3.05) is 19.7 Å². The van der Waals surface area contributed by atoms with Crippen molar-refractivity contribution < 1.29 is 4.74 Å². The molecule has 0 unspecified atom stereocenters. The average Bonchev–Trinajstić information content (AvgIpc) is 2.57. The van der Waals surface area contributed by atoms with Crippen LogP contribution in [0.4, 0.5) is 0 Å². The molecule has 2 aromatic carbocycles. The second-order valence-corrected chi connectivity index (χ2v) is 5.65. The maximum Gasteiger partial charge on any atom is 0.122 e. The third kappa shape index (κ3) is 4.49. The minimum Gasteiger partial charge on any atom is -0.493 e. The Labute approximate surface area is 139 Å². The number of ether oxygens (including phenoxy) is 1. The van der Waals surface area contributed by atoms with Crippen LogP contribution in [0.1, 0.15) is 29.9 Å². The van der Waals surface area contributed by atoms with Gasteiger partial charge >= 0.3 is 0 Å². The summed E-state index contributed by atoms with van der Waals surface area (Å²) >= 11 is 0. The number of hydrogen-bond donors (Lipinski definition) is 1. The van der Waals surface area contributed by atoms with Crippen molar-refractivity contribution in [1.29, 1.82) is 0 Å². The molecule has 0 radical (unpaired) electrons. The number of nitrogens with one attached hydrogen (secondary N) is 1. The van der Waals surface area contributed by atoms with Gasteiger partial charge in [-0.3, -0.25) is 0 Å². The Balaban J connectivity index is 0.00000176. The molecule has 3 rings (SSSR count). The largest absolute Gasteiger partial charge is 0.493 e. The molecule has 0 amide bonds. The van der Waals surface area contributed by atoms with Gasteiger partial charge in [-0.1, -0.05) is 48.5 Å². The van der Waals surface area contributed by atoms with Crippen molar-refractivity contribution in [3.8, 4) is 5.75 Å². The fourth-order valence-electron chi connectivity index (χ4n) is 3.01. The number of rotatable bonds is 5. The van der Waals surface area contributed by atoms with Crippen LogP contribution < -0.4 is 10.1 Å². The topological polar surface area (TPSA) is 21.3 Å². The molecule has 0 saturated carbocycles. The van der Waals surface area contributed by atoms with Crippen LogP contribution in [0.2, 0.25) is 0 Å². The summed E-state index contributed by atoms with van der Waals surface area (Å²) in [5, 5.41) is 3.43. The molecule has 3 heteroatoms. The number of halogens is 1. The molecule has 22 heavy (non-hydrogen) atoms. The number of piperidine rings is 1. The molecule has 1 N–H and O–H groups in total. The summed E-state index contributed by atoms with van der Waals surface area (Å²) in [5.41, 5.74) is 2.71. The van der Waals surface area contributed by atoms with E-state index in [1.54, 1.807) is 0 Å². The zero-order valence-corrected chi connectivity index (χ0v) is 13.6. The van der Waals surface area contributed by atoms with Crippen LogP contribution in [0.3, 0.4) is 0 Å². The van der Waals surface area contributed by atoms with E-state index in [1.807, 2.05) is 0 Å². The van der Waals surface area contributed by atoms with Crippen LogP contribution >= 0.6 is 12.4 Å². The third-order valence-corrected chi connectivity index (χ3v) is 4.19. The molecule has 0 atom stereocenters. The Kier molecular flexibility index (Phi) is 6.75. The quantitative estimate of drug-likeness (QED) is 0.892. The van der Waals surface area contributed by atoms with Crippen LogP contribution in [-0.2, 0) is 6.42 Å². The van der Waals surface area contributed by atoms with Crippen molar-refractivity contribution in [2.24, 2.45) is 0 Å². The van der Waals surface area contributed by atoms with E-state index in [1.165, 1.54) is 24.0 Å². The predicted molar refractivity (Wildman–Crippen MR) is 94.2 cm³/mol. The van der Waals surface area contributed by atoms with Gasteiger partial charge in [0.1, 0.15) is 5.75 Å². The van der Waals surface area contributed by atoms with Gasteiger partial charge in [0.05, 0.1) is 6.61 Å². The maximum absolute atomic E-state index is 6.07. The normalized spacial score (nSPS) is 15.1. The second kappa shape index (κ2) is 8.82. The van der Waals surface area contributed by atoms with Gasteiger partial charge in [0.25, 0.3) is 0 Å². The lowest BCUT2D eigenvalue weighted by atomic mass is 9.89. The van der Waals surface area contributed by atoms with E-state index in [0.717, 1.165) is 31.9 Å². The molecule has 2 aromatic rings. The van der Waals surface area contributed by atoms with Gasteiger partial charge in [-0.15, -0.1) is 12.4 Å². The molecule has 1 saturated heterocycles. The first-order valence-electron chi connectivity index (χ1n) is 7.90. The monoisotopic (exact) mass is 317 g/mol. The highest BCUT2D eigenvalue weighted by molar-refractivity contribution is 5.85. The lowest BCUT2D eigenvalue weighted by molar-refractivity contribution is 0.313. The standard InChI is InChI=1S/C19H23NO.ClH/c1-2-6-16(7-3-1)12-15-21-19-9-5-4-8-18(19)17-10-13-20-14-11-17;/h1-9,17,20H,10-15H2;1H. The summed E-state index contributed by atoms with van der Waals surface area (Å²) < 4.78 is 6.07. The first-order chi connectivity index (χ1) is 10.4. The zero-order valence-electron chi connectivity index (χ0n) is 12.8. The van der Waals surface area contributed by atoms with E-state index < -0.39 is 0 Å². The van der Waals surface area contributed by atoms with Crippen LogP contribution in [0, 0.1) is 0 Å². The van der Waals surface area contributed by atoms with Gasteiger partial charge in [-0.2, -0.15) is 0 Å². The van der Waals surface area contributed by atoms with Crippen molar-refractivity contribution in [2.45, 2.75) is 25.2 Å². The SMILES string of the molecule is Cl.c1ccc(CCOc2ccccc2C2CCNCC2)cc1. The summed E-state index contributed by atoms with van der Waals surface area (Å²) in [4.78, 5) is 0. The lowest BCUT2D eigenvalue weighted by Crippen LogP contribution is -2.26. The minimum atomic E-state index is 0. The van der Waals surface area contributed by atoms with Crippen molar-refractivity contribution >= 4 is 12.4 Å². The average molecular weight is 318 g/mol. The van der Waals surface area contributed by atoms with Gasteiger partial charge in [-0.25, -0.2) is 0 Å². The first kappa shape index (κ1) is 16.9. The summed E-state index contributed by atoms with van der Waals surface area (Å²) in [5.74, 6) is 1.71. The predicted octanol–water partition coefficient (Wildman–Crippen LogP) is 4.20. The number of para-hydroxylation sites is 1. The van der Waals surface area contributed by atoms with Gasteiger partial charge < -0.3 is 10.1 Å². The van der Waals surface area contributed by atoms with Gasteiger partial charge in [-0.05, 0) is 49.0 Å². The molecule has 0 spiro atoms. The Morgan fingerprint density at radius 3 is 2.36 bits per heavy atom. The molecule has 118 valence electrons. The highest BCUT2D eigenvalue weighted by atomic mass is 35.5. The van der Waals surface area contributed by atoms with Crippen LogP contribution in [-0.4, -0.2) is 19.7 Å². The lowest BCUT2D eigenvalue weighted by Gasteiger charge is -2.25. The fourth-order valence-corrected chi connectivity index (χ4v) is 3.01. The summed E-state index contributed by atoms with van der Waals surface area (Å²) in [7, 11) is 0. The zero-order chi connectivity index (χ0) is 14.3. The van der Waals surface area contributed by atoms with E-state index in [9.17, 15) is 0 Å². The minimum absolute atomic E-state index is 0. The first-order valence-corrected chi connectivity index (χ1v) is 7.90. The molecule has 1 aliphatic rings. The van der Waals surface area contributed by atoms with Crippen molar-refractivity contribution in [1.82, 2.24) is 5.32 Å². The molecule has 1 heterocycles. The van der Waals surface area contributed by atoms with Gasteiger partial charge in [0.15, 0.2) is 0 Å². The molecule has 2 nitrogen and oxygen atoms in total. The van der Waals surface area contributed by atoms with E-state index in [0.29, 0.717) is 5.92 Å². The number of benzene rings is 2. The van der Waals surface area contributed by atoms with Crippen molar-refractivity contribution in [3.05, 3.63) is 65.7 Å². The highest BCUT2D eigenvalue weighted by Crippen LogP contribution is 2.32. The van der Waals surface area contributed by atoms with E-state index >= 15 is 0 Å². The van der Waals surface area contributed by atoms with E-state index in [4.69, 9.17) is 4.74 Å². The highest BCUT2D eigenvalue weighted by Gasteiger charge is 2.18. The van der Waals surface area contributed by atoms with Gasteiger partial charge in [0, 0.05) is 6.42 Å². The van der Waals surface area contributed by atoms with E-state index in [2.05, 4.69) is 59.9 Å². The Morgan fingerprint density at radius 2 is 1.59 bits per heavy atom. The second-order valence-electron chi connectivity index (χ2n) is 5.65. The van der Waals surface area contributed by atoms with Gasteiger partial charge in [0.2, 0.25) is 0 Å². The maximum atomic E-state index is 6.07. The molecule has 0 aliphatic carbocycles. The molecular formula is C19H24ClNO. The van der Waals surface area contributed by atoms with Crippen LogP contribution in [0.15, 0.2) is 54.6 Å². The third-order valence-electron chi connectivity index (χ3n) is 4.19. The van der Waals surface area contributed by atoms with Crippen molar-refractivity contribution in [3.63, 3.8) is 0 Å². The summed E-state index contributed by atoms with van der Waals surface area (Å²) in [6.07, 6.45) is 3.37. The smallest absolute Gasteiger partial charge is 0.122 e. The number of hydrogen-bond acceptors (Lipinski definition) is 2. The Bertz CT molecular complexity index is 552. The molecular weight excluding hydrogens is 294 g/mol. The Hall–Kier alpha value is -1.51. The molecule has 0 bridgehead atoms. The van der Waals surface area contributed by atoms with Crippen LogP contribution in [0.25, 0.3) is 0 Å². The Morgan fingerprint density at radius 1 is 0.909 bits per heavy atom. The summed E-state index contributed by atoms with van der Waals surface area (Å²) in [6.45, 7) is 2.97.